The Hall–Kier alpha value is -3.96. The van der Waals surface area contributed by atoms with E-state index in [1.165, 1.54) is 6.07 Å². The number of aromatic amines is 1. The van der Waals surface area contributed by atoms with Gasteiger partial charge in [-0.3, -0.25) is 0 Å². The van der Waals surface area contributed by atoms with Crippen molar-refractivity contribution in [2.75, 3.05) is 23.3 Å². The Kier molecular flexibility index (Phi) is 4.30. The Morgan fingerprint density at radius 2 is 1.88 bits per heavy atom. The standard InChI is InChI=1S/C20H17F2N9O/c21-14-2-1-10(3-15(14)22)4-23-19-24-5-11(6-25-19)18-28-29-20(32-18)31-8-12-13(9-31)17(12)16-7-26-30-27-16/h1-3,5-7,12-13,17H,4,8-9H2,(H,23,24,25)(H,26,27,30)/t12-,13+,17?. The normalized spacial score (nSPS) is 21.6. The zero-order valence-corrected chi connectivity index (χ0v) is 16.6. The highest BCUT2D eigenvalue weighted by atomic mass is 19.2. The maximum Gasteiger partial charge on any atom is 0.318 e. The molecule has 6 rings (SSSR count). The van der Waals surface area contributed by atoms with Crippen molar-refractivity contribution in [2.45, 2.75) is 12.5 Å². The molecule has 0 spiro atoms. The van der Waals surface area contributed by atoms with Gasteiger partial charge in [0, 0.05) is 37.9 Å². The number of H-pyrrole nitrogens is 1. The molecule has 32 heavy (non-hydrogen) atoms. The van der Waals surface area contributed by atoms with Crippen LogP contribution in [0.2, 0.25) is 0 Å². The van der Waals surface area contributed by atoms with Crippen molar-refractivity contribution in [3.63, 3.8) is 0 Å². The number of hydrogen-bond donors (Lipinski definition) is 2. The van der Waals surface area contributed by atoms with Crippen LogP contribution in [-0.4, -0.2) is 48.7 Å². The second-order valence-electron chi connectivity index (χ2n) is 7.94. The van der Waals surface area contributed by atoms with Gasteiger partial charge in [-0.2, -0.15) is 15.4 Å². The summed E-state index contributed by atoms with van der Waals surface area (Å²) in [5.74, 6) is 0.410. The van der Waals surface area contributed by atoms with Crippen molar-refractivity contribution in [3.8, 4) is 11.5 Å². The molecule has 2 aliphatic rings. The van der Waals surface area contributed by atoms with Crippen LogP contribution in [0.4, 0.5) is 20.7 Å². The first-order valence-electron chi connectivity index (χ1n) is 10.1. The quantitative estimate of drug-likeness (QED) is 0.468. The zero-order valence-electron chi connectivity index (χ0n) is 16.6. The fraction of sp³-hybridized carbons (Fsp3) is 0.300. The molecule has 3 aromatic heterocycles. The minimum Gasteiger partial charge on any atom is -0.403 e. The van der Waals surface area contributed by atoms with E-state index in [1.54, 1.807) is 18.6 Å². The highest BCUT2D eigenvalue weighted by Crippen LogP contribution is 2.58. The van der Waals surface area contributed by atoms with Crippen LogP contribution >= 0.6 is 0 Å². The smallest absolute Gasteiger partial charge is 0.318 e. The molecule has 4 heterocycles. The molecule has 0 bridgehead atoms. The van der Waals surface area contributed by atoms with Gasteiger partial charge >= 0.3 is 6.01 Å². The number of nitrogens with zero attached hydrogens (tertiary/aromatic N) is 7. The number of halogens is 2. The highest BCUT2D eigenvalue weighted by Gasteiger charge is 2.58. The summed E-state index contributed by atoms with van der Waals surface area (Å²) in [6, 6.07) is 4.19. The Morgan fingerprint density at radius 3 is 2.59 bits per heavy atom. The number of hydrogen-bond acceptors (Lipinski definition) is 9. The van der Waals surface area contributed by atoms with Crippen LogP contribution in [0.25, 0.3) is 11.5 Å². The lowest BCUT2D eigenvalue weighted by molar-refractivity contribution is 0.507. The third-order valence-electron chi connectivity index (χ3n) is 5.99. The molecule has 1 saturated heterocycles. The van der Waals surface area contributed by atoms with E-state index in [0.29, 0.717) is 46.7 Å². The van der Waals surface area contributed by atoms with Crippen LogP contribution in [0.15, 0.2) is 41.2 Å². The van der Waals surface area contributed by atoms with E-state index in [9.17, 15) is 8.78 Å². The van der Waals surface area contributed by atoms with Crippen LogP contribution in [0.3, 0.4) is 0 Å². The van der Waals surface area contributed by atoms with Gasteiger partial charge in [0.25, 0.3) is 5.89 Å². The van der Waals surface area contributed by atoms with Crippen LogP contribution in [0, 0.1) is 23.5 Å². The monoisotopic (exact) mass is 437 g/mol. The minimum atomic E-state index is -0.892. The van der Waals surface area contributed by atoms with E-state index in [2.05, 4.69) is 45.8 Å². The van der Waals surface area contributed by atoms with Gasteiger partial charge < -0.3 is 14.6 Å². The fourth-order valence-corrected chi connectivity index (χ4v) is 4.31. The third kappa shape index (κ3) is 3.33. The predicted octanol–water partition coefficient (Wildman–Crippen LogP) is 2.38. The maximum absolute atomic E-state index is 13.3. The SMILES string of the molecule is Fc1ccc(CNc2ncc(-c3nnc(N4C[C@@H]5C(c6cn[nH]n6)[C@@H]5C4)o3)cn2)cc1F. The molecule has 0 radical (unpaired) electrons. The molecule has 1 unspecified atom stereocenters. The minimum absolute atomic E-state index is 0.258. The highest BCUT2D eigenvalue weighted by molar-refractivity contribution is 5.52. The van der Waals surface area contributed by atoms with Gasteiger partial charge in [-0.25, -0.2) is 18.7 Å². The van der Waals surface area contributed by atoms with Gasteiger partial charge in [0.05, 0.1) is 17.5 Å². The van der Waals surface area contributed by atoms with Gasteiger partial charge in [0.2, 0.25) is 5.95 Å². The van der Waals surface area contributed by atoms with Crippen molar-refractivity contribution in [3.05, 3.63) is 59.7 Å². The molecule has 1 aliphatic carbocycles. The van der Waals surface area contributed by atoms with E-state index < -0.39 is 11.6 Å². The molecule has 2 fully saturated rings. The summed E-state index contributed by atoms with van der Waals surface area (Å²) in [5, 5.41) is 22.0. The van der Waals surface area contributed by atoms with Gasteiger partial charge in [-0.15, -0.1) is 5.10 Å². The van der Waals surface area contributed by atoms with Crippen molar-refractivity contribution in [1.82, 2.24) is 35.6 Å². The number of anilines is 2. The molecule has 4 aromatic rings. The first kappa shape index (κ1) is 18.8. The molecule has 2 N–H and O–H groups in total. The lowest BCUT2D eigenvalue weighted by Gasteiger charge is -2.15. The Morgan fingerprint density at radius 1 is 1.06 bits per heavy atom. The largest absolute Gasteiger partial charge is 0.403 e. The van der Waals surface area contributed by atoms with E-state index in [1.807, 2.05) is 0 Å². The zero-order chi connectivity index (χ0) is 21.7. The average molecular weight is 437 g/mol. The lowest BCUT2D eigenvalue weighted by atomic mass is 10.2. The summed E-state index contributed by atoms with van der Waals surface area (Å²) in [5.41, 5.74) is 2.18. The van der Waals surface area contributed by atoms with Crippen molar-refractivity contribution >= 4 is 12.0 Å². The summed E-state index contributed by atoms with van der Waals surface area (Å²) in [6.45, 7) is 1.94. The van der Waals surface area contributed by atoms with Crippen molar-refractivity contribution in [2.24, 2.45) is 11.8 Å². The lowest BCUT2D eigenvalue weighted by Crippen LogP contribution is -2.23. The van der Waals surface area contributed by atoms with Gasteiger partial charge in [0.15, 0.2) is 11.6 Å². The van der Waals surface area contributed by atoms with Crippen LogP contribution < -0.4 is 10.2 Å². The first-order chi connectivity index (χ1) is 15.7. The van der Waals surface area contributed by atoms with E-state index in [4.69, 9.17) is 4.42 Å². The number of fused-ring (bicyclic) bond motifs is 1. The van der Waals surface area contributed by atoms with Crippen LogP contribution in [-0.2, 0) is 6.54 Å². The number of piperidine rings is 1. The second-order valence-corrected chi connectivity index (χ2v) is 7.94. The van der Waals surface area contributed by atoms with E-state index >= 15 is 0 Å². The van der Waals surface area contributed by atoms with Crippen LogP contribution in [0.1, 0.15) is 17.2 Å². The van der Waals surface area contributed by atoms with Gasteiger partial charge in [-0.1, -0.05) is 11.2 Å². The Bertz CT molecular complexity index is 1230. The summed E-state index contributed by atoms with van der Waals surface area (Å²) < 4.78 is 32.1. The molecule has 10 nitrogen and oxygen atoms in total. The average Bonchev–Trinajstić information content (AvgIpc) is 3.35. The van der Waals surface area contributed by atoms with Crippen molar-refractivity contribution in [1.29, 1.82) is 0 Å². The molecule has 12 heteroatoms. The first-order valence-corrected chi connectivity index (χ1v) is 10.1. The van der Waals surface area contributed by atoms with Crippen molar-refractivity contribution < 1.29 is 13.2 Å². The summed E-state index contributed by atoms with van der Waals surface area (Å²) in [4.78, 5) is 10.5. The second kappa shape index (κ2) is 7.32. The van der Waals surface area contributed by atoms with Gasteiger partial charge in [-0.05, 0) is 29.5 Å². The predicted molar refractivity (Wildman–Crippen MR) is 107 cm³/mol. The Labute approximate surface area is 180 Å². The van der Waals surface area contributed by atoms with Crippen LogP contribution in [0.5, 0.6) is 0 Å². The molecule has 162 valence electrons. The summed E-state index contributed by atoms with van der Waals surface area (Å²) in [7, 11) is 0. The summed E-state index contributed by atoms with van der Waals surface area (Å²) in [6.07, 6.45) is 4.93. The number of nitrogens with one attached hydrogen (secondary N) is 2. The maximum atomic E-state index is 13.3. The Balaban J connectivity index is 1.07. The van der Waals surface area contributed by atoms with E-state index in [0.717, 1.165) is 30.9 Å². The summed E-state index contributed by atoms with van der Waals surface area (Å²) >= 11 is 0. The third-order valence-corrected chi connectivity index (χ3v) is 5.99. The number of benzene rings is 1. The molecular formula is C20H17F2N9O. The molecule has 3 atom stereocenters. The molecule has 1 aromatic carbocycles. The molecule has 1 aliphatic heterocycles. The van der Waals surface area contributed by atoms with Gasteiger partial charge in [0.1, 0.15) is 0 Å². The van der Waals surface area contributed by atoms with E-state index in [-0.39, 0.29) is 6.54 Å². The molecule has 0 amide bonds. The topological polar surface area (TPSA) is 122 Å². The number of aromatic nitrogens is 7. The molecular weight excluding hydrogens is 420 g/mol. The molecule has 1 saturated carbocycles. The number of rotatable bonds is 6. The fourth-order valence-electron chi connectivity index (χ4n) is 4.31.